The standard InChI is InChI=1S/C28H30N2O6/c1-18-14-23(35-28(3,4)17-31)12-13-24(18)25-7-5-6-21(19(25)2)16-34-22-10-8-20(9-11-22)15-30-26(32)29-27(33)36-30/h5-14,31H,15-17H2,1-4H3,(H,29,32,33). The van der Waals surface area contributed by atoms with Crippen LogP contribution in [0.15, 0.2) is 74.8 Å². The van der Waals surface area contributed by atoms with E-state index in [1.165, 1.54) is 0 Å². The Labute approximate surface area is 208 Å². The Morgan fingerprint density at radius 2 is 1.69 bits per heavy atom. The van der Waals surface area contributed by atoms with Crippen molar-refractivity contribution >= 4 is 0 Å². The molecule has 0 bridgehead atoms. The number of aliphatic hydroxyl groups is 1. The quantitative estimate of drug-likeness (QED) is 0.364. The molecular formula is C28H30N2O6. The van der Waals surface area contributed by atoms with Crippen molar-refractivity contribution in [1.29, 1.82) is 0 Å². The second-order valence-corrected chi connectivity index (χ2v) is 9.36. The largest absolute Gasteiger partial charge is 0.489 e. The van der Waals surface area contributed by atoms with Gasteiger partial charge >= 0.3 is 11.4 Å². The van der Waals surface area contributed by atoms with Crippen LogP contribution in [0.2, 0.25) is 0 Å². The molecule has 0 fully saturated rings. The average molecular weight is 491 g/mol. The summed E-state index contributed by atoms with van der Waals surface area (Å²) in [5, 5.41) is 9.48. The molecule has 0 aliphatic carbocycles. The van der Waals surface area contributed by atoms with E-state index in [4.69, 9.17) is 14.0 Å². The van der Waals surface area contributed by atoms with Gasteiger partial charge in [0, 0.05) is 0 Å². The van der Waals surface area contributed by atoms with Gasteiger partial charge in [-0.25, -0.2) is 14.6 Å². The van der Waals surface area contributed by atoms with Crippen LogP contribution < -0.4 is 20.9 Å². The Morgan fingerprint density at radius 3 is 2.33 bits per heavy atom. The van der Waals surface area contributed by atoms with E-state index in [0.29, 0.717) is 12.4 Å². The summed E-state index contributed by atoms with van der Waals surface area (Å²) >= 11 is 0. The number of nitrogens with one attached hydrogen (secondary N) is 1. The molecule has 4 aromatic rings. The Balaban J connectivity index is 1.46. The lowest BCUT2D eigenvalue weighted by Crippen LogP contribution is -2.32. The van der Waals surface area contributed by atoms with Gasteiger partial charge in [-0.1, -0.05) is 36.4 Å². The third kappa shape index (κ3) is 5.78. The Kier molecular flexibility index (Phi) is 7.17. The SMILES string of the molecule is Cc1cc(OC(C)(C)CO)ccc1-c1cccc(COc2ccc(Cn3oc(=O)[nH]c3=O)cc2)c1C. The number of ether oxygens (including phenoxy) is 2. The van der Waals surface area contributed by atoms with E-state index in [1.54, 1.807) is 0 Å². The van der Waals surface area contributed by atoms with Crippen LogP contribution >= 0.6 is 0 Å². The maximum atomic E-state index is 11.6. The number of hydrogen-bond donors (Lipinski definition) is 2. The molecule has 1 heterocycles. The van der Waals surface area contributed by atoms with Gasteiger partial charge in [0.2, 0.25) is 0 Å². The summed E-state index contributed by atoms with van der Waals surface area (Å²) in [6.45, 7) is 8.31. The highest BCUT2D eigenvalue weighted by atomic mass is 16.5. The van der Waals surface area contributed by atoms with Crippen LogP contribution in [-0.4, -0.2) is 27.0 Å². The zero-order valence-corrected chi connectivity index (χ0v) is 20.8. The van der Waals surface area contributed by atoms with E-state index in [-0.39, 0.29) is 13.2 Å². The van der Waals surface area contributed by atoms with Gasteiger partial charge < -0.3 is 19.1 Å². The first-order chi connectivity index (χ1) is 17.1. The summed E-state index contributed by atoms with van der Waals surface area (Å²) in [4.78, 5) is 24.8. The van der Waals surface area contributed by atoms with E-state index in [0.717, 1.165) is 43.9 Å². The number of aryl methyl sites for hydroxylation is 1. The fourth-order valence-corrected chi connectivity index (χ4v) is 3.92. The second kappa shape index (κ2) is 10.3. The first kappa shape index (κ1) is 25.1. The molecule has 3 aromatic carbocycles. The average Bonchev–Trinajstić information content (AvgIpc) is 3.16. The van der Waals surface area contributed by atoms with Gasteiger partial charge in [-0.15, -0.1) is 4.74 Å². The predicted octanol–water partition coefficient (Wildman–Crippen LogP) is 4.19. The lowest BCUT2D eigenvalue weighted by Gasteiger charge is -2.24. The molecule has 0 aliphatic rings. The van der Waals surface area contributed by atoms with Crippen LogP contribution in [-0.2, 0) is 13.2 Å². The van der Waals surface area contributed by atoms with Gasteiger partial charge in [-0.05, 0) is 85.3 Å². The normalized spacial score (nSPS) is 11.5. The molecule has 1 aromatic heterocycles. The molecule has 0 radical (unpaired) electrons. The molecule has 0 amide bonds. The van der Waals surface area contributed by atoms with Gasteiger partial charge in [0.05, 0.1) is 13.2 Å². The summed E-state index contributed by atoms with van der Waals surface area (Å²) in [6, 6.07) is 19.4. The number of H-pyrrole nitrogens is 1. The first-order valence-corrected chi connectivity index (χ1v) is 11.7. The predicted molar refractivity (Wildman–Crippen MR) is 137 cm³/mol. The van der Waals surface area contributed by atoms with Crippen LogP contribution in [0.4, 0.5) is 0 Å². The molecule has 4 rings (SSSR count). The number of rotatable bonds is 9. The molecule has 2 N–H and O–H groups in total. The molecule has 0 spiro atoms. The minimum absolute atomic E-state index is 0.0668. The van der Waals surface area contributed by atoms with Crippen molar-refractivity contribution in [2.75, 3.05) is 6.61 Å². The lowest BCUT2D eigenvalue weighted by molar-refractivity contribution is 0.0412. The minimum atomic E-state index is -0.775. The third-order valence-electron chi connectivity index (χ3n) is 5.98. The number of aromatic nitrogens is 2. The fourth-order valence-electron chi connectivity index (χ4n) is 3.92. The van der Waals surface area contributed by atoms with Crippen molar-refractivity contribution in [3.63, 3.8) is 0 Å². The second-order valence-electron chi connectivity index (χ2n) is 9.36. The molecule has 8 heteroatoms. The minimum Gasteiger partial charge on any atom is -0.489 e. The zero-order valence-electron chi connectivity index (χ0n) is 20.8. The van der Waals surface area contributed by atoms with Crippen LogP contribution in [0.3, 0.4) is 0 Å². The summed E-state index contributed by atoms with van der Waals surface area (Å²) in [5.41, 5.74) is 5.08. The van der Waals surface area contributed by atoms with E-state index < -0.39 is 17.0 Å². The summed E-state index contributed by atoms with van der Waals surface area (Å²) in [7, 11) is 0. The third-order valence-corrected chi connectivity index (χ3v) is 5.98. The van der Waals surface area contributed by atoms with Gasteiger partial charge in [-0.3, -0.25) is 0 Å². The molecule has 0 aliphatic heterocycles. The van der Waals surface area contributed by atoms with Crippen molar-refractivity contribution in [2.45, 2.75) is 46.4 Å². The molecule has 0 atom stereocenters. The molecule has 0 unspecified atom stereocenters. The van der Waals surface area contributed by atoms with Crippen LogP contribution in [0.25, 0.3) is 11.1 Å². The molecule has 0 saturated carbocycles. The summed E-state index contributed by atoms with van der Waals surface area (Å²) in [5.74, 6) is 0.637. The zero-order chi connectivity index (χ0) is 25.9. The number of hydrogen-bond acceptors (Lipinski definition) is 6. The van der Waals surface area contributed by atoms with Crippen molar-refractivity contribution in [2.24, 2.45) is 0 Å². The van der Waals surface area contributed by atoms with E-state index in [2.05, 4.69) is 18.0 Å². The van der Waals surface area contributed by atoms with E-state index in [1.807, 2.05) is 75.4 Å². The Hall–Kier alpha value is -4.04. The van der Waals surface area contributed by atoms with Crippen LogP contribution in [0, 0.1) is 13.8 Å². The number of nitrogens with zero attached hydrogens (tertiary/aromatic N) is 1. The molecule has 0 saturated heterocycles. The number of aromatic amines is 1. The Bertz CT molecular complexity index is 1460. The topological polar surface area (TPSA) is 107 Å². The monoisotopic (exact) mass is 490 g/mol. The molecule has 36 heavy (non-hydrogen) atoms. The van der Waals surface area contributed by atoms with Crippen molar-refractivity contribution in [1.82, 2.24) is 9.72 Å². The summed E-state index contributed by atoms with van der Waals surface area (Å²) in [6.07, 6.45) is 0. The van der Waals surface area contributed by atoms with Gasteiger partial charge in [0.1, 0.15) is 23.7 Å². The lowest BCUT2D eigenvalue weighted by atomic mass is 9.93. The molecule has 188 valence electrons. The summed E-state index contributed by atoms with van der Waals surface area (Å²) < 4.78 is 17.7. The van der Waals surface area contributed by atoms with Gasteiger partial charge in [0.15, 0.2) is 0 Å². The highest BCUT2D eigenvalue weighted by Gasteiger charge is 2.19. The number of aliphatic hydroxyl groups excluding tert-OH is 1. The van der Waals surface area contributed by atoms with Crippen LogP contribution in [0.5, 0.6) is 11.5 Å². The van der Waals surface area contributed by atoms with E-state index >= 15 is 0 Å². The fraction of sp³-hybridized carbons (Fsp3) is 0.286. The van der Waals surface area contributed by atoms with Crippen molar-refractivity contribution in [3.05, 3.63) is 104 Å². The maximum absolute atomic E-state index is 11.6. The number of benzene rings is 3. The molecule has 8 nitrogen and oxygen atoms in total. The highest BCUT2D eigenvalue weighted by Crippen LogP contribution is 2.32. The van der Waals surface area contributed by atoms with Crippen molar-refractivity contribution < 1.29 is 19.1 Å². The first-order valence-electron chi connectivity index (χ1n) is 11.7. The highest BCUT2D eigenvalue weighted by molar-refractivity contribution is 5.72. The van der Waals surface area contributed by atoms with Gasteiger partial charge in [0.25, 0.3) is 0 Å². The van der Waals surface area contributed by atoms with Gasteiger partial charge in [-0.2, -0.15) is 0 Å². The van der Waals surface area contributed by atoms with Crippen molar-refractivity contribution in [3.8, 4) is 22.6 Å². The molecular weight excluding hydrogens is 460 g/mol. The Morgan fingerprint density at radius 1 is 0.972 bits per heavy atom. The van der Waals surface area contributed by atoms with Crippen LogP contribution in [0.1, 0.15) is 36.1 Å². The smallest absolute Gasteiger partial charge is 0.440 e. The van der Waals surface area contributed by atoms with E-state index in [9.17, 15) is 14.7 Å². The maximum Gasteiger partial charge on any atom is 0.440 e.